The van der Waals surface area contributed by atoms with E-state index >= 15 is 0 Å². The third-order valence-electron chi connectivity index (χ3n) is 7.65. The van der Waals surface area contributed by atoms with Crippen LogP contribution in [0.1, 0.15) is 49.4 Å². The van der Waals surface area contributed by atoms with Crippen molar-refractivity contribution in [3.8, 4) is 11.1 Å². The quantitative estimate of drug-likeness (QED) is 0.236. The van der Waals surface area contributed by atoms with Gasteiger partial charge in [-0.05, 0) is 54.2 Å². The molecule has 0 radical (unpaired) electrons. The van der Waals surface area contributed by atoms with E-state index in [1.54, 1.807) is 14.0 Å². The third kappa shape index (κ3) is 8.89. The second kappa shape index (κ2) is 14.3. The first-order valence-corrected chi connectivity index (χ1v) is 14.8. The summed E-state index contributed by atoms with van der Waals surface area (Å²) in [6.07, 6.45) is 0.0800. The standard InChI is InChI=1S/C34H43N5O4/c1-23(40)19-37-34(2,3)18-31(41)38-30-17-26-9-5-6-11-28(26)22-39(32(30)42)21-24-13-15-25(16-14-24)29-12-8-7-10-27(29)20-36-33(43)35-4/h5-16,23,30,37,40H,17-22H2,1-4H3,(H,38,41)(H2,35,36,43)/t23-,30-/m1/s1. The molecule has 4 rings (SSSR count). The van der Waals surface area contributed by atoms with Gasteiger partial charge in [0, 0.05) is 51.6 Å². The van der Waals surface area contributed by atoms with Gasteiger partial charge in [0.15, 0.2) is 0 Å². The normalized spacial score (nSPS) is 15.7. The summed E-state index contributed by atoms with van der Waals surface area (Å²) in [6, 6.07) is 23.1. The molecule has 9 nitrogen and oxygen atoms in total. The minimum absolute atomic E-state index is 0.117. The van der Waals surface area contributed by atoms with Crippen LogP contribution >= 0.6 is 0 Å². The lowest BCUT2D eigenvalue weighted by Crippen LogP contribution is -2.51. The van der Waals surface area contributed by atoms with Crippen LogP contribution in [0.4, 0.5) is 4.79 Å². The Labute approximate surface area is 254 Å². The average Bonchev–Trinajstić information content (AvgIpc) is 3.11. The molecule has 1 aliphatic heterocycles. The van der Waals surface area contributed by atoms with E-state index < -0.39 is 17.7 Å². The first kappa shape index (κ1) is 31.7. The highest BCUT2D eigenvalue weighted by Crippen LogP contribution is 2.26. The van der Waals surface area contributed by atoms with Crippen molar-refractivity contribution < 1.29 is 19.5 Å². The number of nitrogens with one attached hydrogen (secondary N) is 4. The first-order chi connectivity index (χ1) is 20.5. The molecule has 2 atom stereocenters. The van der Waals surface area contributed by atoms with Crippen LogP contribution in [-0.2, 0) is 35.6 Å². The van der Waals surface area contributed by atoms with Gasteiger partial charge < -0.3 is 31.3 Å². The summed E-state index contributed by atoms with van der Waals surface area (Å²) >= 11 is 0. The Kier molecular flexibility index (Phi) is 10.6. The fourth-order valence-corrected chi connectivity index (χ4v) is 5.33. The Morgan fingerprint density at radius 2 is 1.67 bits per heavy atom. The van der Waals surface area contributed by atoms with E-state index in [1.807, 2.05) is 91.5 Å². The number of rotatable bonds is 11. The summed E-state index contributed by atoms with van der Waals surface area (Å²) < 4.78 is 0. The molecule has 4 amide bonds. The lowest BCUT2D eigenvalue weighted by molar-refractivity contribution is -0.137. The average molecular weight is 586 g/mol. The van der Waals surface area contributed by atoms with Crippen molar-refractivity contribution in [2.24, 2.45) is 0 Å². The smallest absolute Gasteiger partial charge is 0.314 e. The SMILES string of the molecule is CNC(=O)NCc1ccccc1-c1ccc(CN2Cc3ccccc3C[C@@H](NC(=O)CC(C)(C)NC[C@@H](C)O)C2=O)cc1. The van der Waals surface area contributed by atoms with Gasteiger partial charge in [-0.25, -0.2) is 4.79 Å². The van der Waals surface area contributed by atoms with E-state index in [2.05, 4.69) is 21.3 Å². The van der Waals surface area contributed by atoms with Gasteiger partial charge in [0.25, 0.3) is 0 Å². The number of urea groups is 1. The number of hydrogen-bond donors (Lipinski definition) is 5. The number of benzene rings is 3. The highest BCUT2D eigenvalue weighted by Gasteiger charge is 2.32. The highest BCUT2D eigenvalue weighted by atomic mass is 16.3. The fraction of sp³-hybridized carbons (Fsp3) is 0.382. The fourth-order valence-electron chi connectivity index (χ4n) is 5.33. The van der Waals surface area contributed by atoms with Gasteiger partial charge in [0.1, 0.15) is 6.04 Å². The lowest BCUT2D eigenvalue weighted by atomic mass is 9.98. The van der Waals surface area contributed by atoms with Gasteiger partial charge in [-0.15, -0.1) is 0 Å². The number of hydrogen-bond acceptors (Lipinski definition) is 5. The van der Waals surface area contributed by atoms with Gasteiger partial charge >= 0.3 is 6.03 Å². The maximum atomic E-state index is 13.8. The summed E-state index contributed by atoms with van der Waals surface area (Å²) in [4.78, 5) is 40.4. The topological polar surface area (TPSA) is 123 Å². The molecule has 3 aromatic rings. The second-order valence-corrected chi connectivity index (χ2v) is 11.9. The van der Waals surface area contributed by atoms with Crippen LogP contribution in [0.25, 0.3) is 11.1 Å². The Hall–Kier alpha value is -4.21. The van der Waals surface area contributed by atoms with Crippen molar-refractivity contribution in [1.82, 2.24) is 26.2 Å². The van der Waals surface area contributed by atoms with Crippen LogP contribution in [0.3, 0.4) is 0 Å². The number of carbonyl (C=O) groups is 3. The maximum Gasteiger partial charge on any atom is 0.314 e. The minimum Gasteiger partial charge on any atom is -0.392 e. The van der Waals surface area contributed by atoms with E-state index in [-0.39, 0.29) is 24.3 Å². The molecule has 1 aliphatic rings. The summed E-state index contributed by atoms with van der Waals surface area (Å²) in [5.41, 5.74) is 5.60. The zero-order chi connectivity index (χ0) is 31.0. The molecule has 9 heteroatoms. The van der Waals surface area contributed by atoms with Crippen LogP contribution in [-0.4, -0.2) is 59.1 Å². The number of carbonyl (C=O) groups excluding carboxylic acids is 3. The molecular formula is C34H43N5O4. The second-order valence-electron chi connectivity index (χ2n) is 11.9. The lowest BCUT2D eigenvalue weighted by Gasteiger charge is -2.29. The number of aliphatic hydroxyl groups excluding tert-OH is 1. The molecule has 5 N–H and O–H groups in total. The maximum absolute atomic E-state index is 13.8. The van der Waals surface area contributed by atoms with Crippen LogP contribution in [0, 0.1) is 0 Å². The Morgan fingerprint density at radius 3 is 2.37 bits per heavy atom. The van der Waals surface area contributed by atoms with Crippen LogP contribution in [0.2, 0.25) is 0 Å². The van der Waals surface area contributed by atoms with Gasteiger partial charge in [0.05, 0.1) is 6.10 Å². The van der Waals surface area contributed by atoms with E-state index in [0.717, 1.165) is 33.4 Å². The molecule has 1 heterocycles. The number of aliphatic hydroxyl groups is 1. The molecule has 0 fully saturated rings. The molecule has 3 aromatic carbocycles. The van der Waals surface area contributed by atoms with Gasteiger partial charge in [-0.1, -0.05) is 72.8 Å². The van der Waals surface area contributed by atoms with Crippen molar-refractivity contribution in [2.45, 2.75) is 70.9 Å². The summed E-state index contributed by atoms with van der Waals surface area (Å²) in [7, 11) is 1.59. The molecule has 0 saturated heterocycles. The molecule has 0 aromatic heterocycles. The number of fused-ring (bicyclic) bond motifs is 1. The van der Waals surface area contributed by atoms with Gasteiger partial charge in [-0.3, -0.25) is 9.59 Å². The van der Waals surface area contributed by atoms with E-state index in [1.165, 1.54) is 0 Å². The van der Waals surface area contributed by atoms with Crippen LogP contribution in [0.5, 0.6) is 0 Å². The van der Waals surface area contributed by atoms with Crippen molar-refractivity contribution >= 4 is 17.8 Å². The van der Waals surface area contributed by atoms with Gasteiger partial charge in [0.2, 0.25) is 11.8 Å². The largest absolute Gasteiger partial charge is 0.392 e. The zero-order valence-corrected chi connectivity index (χ0v) is 25.4. The Balaban J connectivity index is 1.49. The predicted octanol–water partition coefficient (Wildman–Crippen LogP) is 3.49. The summed E-state index contributed by atoms with van der Waals surface area (Å²) in [5, 5.41) is 21.3. The molecule has 43 heavy (non-hydrogen) atoms. The number of amides is 4. The van der Waals surface area contributed by atoms with Crippen molar-refractivity contribution in [1.29, 1.82) is 0 Å². The molecule has 0 aliphatic carbocycles. The minimum atomic E-state index is -0.678. The van der Waals surface area contributed by atoms with E-state index in [9.17, 15) is 19.5 Å². The van der Waals surface area contributed by atoms with Gasteiger partial charge in [-0.2, -0.15) is 0 Å². The third-order valence-corrected chi connectivity index (χ3v) is 7.65. The first-order valence-electron chi connectivity index (χ1n) is 14.8. The zero-order valence-electron chi connectivity index (χ0n) is 25.4. The highest BCUT2D eigenvalue weighted by molar-refractivity contribution is 5.89. The molecule has 0 spiro atoms. The molecule has 0 unspecified atom stereocenters. The molecular weight excluding hydrogens is 542 g/mol. The summed E-state index contributed by atoms with van der Waals surface area (Å²) in [6.45, 7) is 7.15. The van der Waals surface area contributed by atoms with E-state index in [4.69, 9.17) is 0 Å². The van der Waals surface area contributed by atoms with Crippen molar-refractivity contribution in [3.63, 3.8) is 0 Å². The predicted molar refractivity (Wildman–Crippen MR) is 168 cm³/mol. The Bertz CT molecular complexity index is 1420. The van der Waals surface area contributed by atoms with E-state index in [0.29, 0.717) is 32.6 Å². The monoisotopic (exact) mass is 585 g/mol. The molecule has 228 valence electrons. The van der Waals surface area contributed by atoms with Crippen LogP contribution in [0.15, 0.2) is 72.8 Å². The molecule has 0 saturated carbocycles. The van der Waals surface area contributed by atoms with Crippen molar-refractivity contribution in [2.75, 3.05) is 13.6 Å². The van der Waals surface area contributed by atoms with Crippen LogP contribution < -0.4 is 21.3 Å². The summed E-state index contributed by atoms with van der Waals surface area (Å²) in [5.74, 6) is -0.330. The Morgan fingerprint density at radius 1 is 1.00 bits per heavy atom. The van der Waals surface area contributed by atoms with Crippen molar-refractivity contribution in [3.05, 3.63) is 95.1 Å². The number of nitrogens with zero attached hydrogens (tertiary/aromatic N) is 1. The molecule has 0 bridgehead atoms. The number of β-amino-alcohol motifs (C(OH)–C–C–N with tert-alkyl or cyclic N) is 1.